The van der Waals surface area contributed by atoms with Crippen molar-refractivity contribution in [2.75, 3.05) is 0 Å². The molecule has 104 valence electrons. The van der Waals surface area contributed by atoms with Crippen LogP contribution in [0.5, 0.6) is 0 Å². The number of benzene rings is 2. The van der Waals surface area contributed by atoms with E-state index < -0.39 is 34.6 Å². The van der Waals surface area contributed by atoms with E-state index in [1.54, 1.807) is 0 Å². The zero-order chi connectivity index (χ0) is 14.9. The Morgan fingerprint density at radius 2 is 1.70 bits per heavy atom. The fraction of sp³-hybridized carbons (Fsp3) is 0.0714. The third-order valence-corrected chi connectivity index (χ3v) is 3.05. The van der Waals surface area contributed by atoms with Crippen LogP contribution in [0, 0.1) is 23.3 Å². The fourth-order valence-corrected chi connectivity index (χ4v) is 1.91. The minimum atomic E-state index is -1.71. The summed E-state index contributed by atoms with van der Waals surface area (Å²) in [4.78, 5) is 11.9. The minimum absolute atomic E-state index is 0.00124. The predicted molar refractivity (Wildman–Crippen MR) is 65.8 cm³/mol. The Bertz CT molecular complexity index is 685. The molecule has 0 bridgehead atoms. The molecule has 2 aromatic carbocycles. The van der Waals surface area contributed by atoms with E-state index >= 15 is 0 Å². The second-order valence-corrected chi connectivity index (χ2v) is 4.47. The van der Waals surface area contributed by atoms with Gasteiger partial charge in [-0.05, 0) is 29.8 Å². The van der Waals surface area contributed by atoms with Gasteiger partial charge in [0.1, 0.15) is 5.82 Å². The standard InChI is InChI=1S/C14H7ClF4O/c15-10-6-8(16)2-1-7(10)5-12(20)9-3-4-11(17)14(19)13(9)18/h1-4,6H,5H2. The van der Waals surface area contributed by atoms with E-state index in [1.807, 2.05) is 0 Å². The molecule has 0 aromatic heterocycles. The molecule has 0 heterocycles. The lowest BCUT2D eigenvalue weighted by Gasteiger charge is -2.06. The smallest absolute Gasteiger partial charge is 0.195 e. The van der Waals surface area contributed by atoms with Crippen LogP contribution in [0.15, 0.2) is 30.3 Å². The monoisotopic (exact) mass is 302 g/mol. The summed E-state index contributed by atoms with van der Waals surface area (Å²) >= 11 is 5.74. The lowest BCUT2D eigenvalue weighted by atomic mass is 10.0. The van der Waals surface area contributed by atoms with E-state index in [2.05, 4.69) is 0 Å². The molecular weight excluding hydrogens is 296 g/mol. The van der Waals surface area contributed by atoms with Gasteiger partial charge in [-0.15, -0.1) is 0 Å². The van der Waals surface area contributed by atoms with Crippen LogP contribution in [0.3, 0.4) is 0 Å². The number of carbonyl (C=O) groups excluding carboxylic acids is 1. The Balaban J connectivity index is 2.31. The molecule has 1 nitrogen and oxygen atoms in total. The summed E-state index contributed by atoms with van der Waals surface area (Å²) in [5.74, 6) is -5.99. The normalized spacial score (nSPS) is 10.7. The summed E-state index contributed by atoms with van der Waals surface area (Å²) in [6.07, 6.45) is -0.346. The van der Waals surface area contributed by atoms with Crippen LogP contribution in [0.1, 0.15) is 15.9 Å². The van der Waals surface area contributed by atoms with Crippen molar-refractivity contribution in [3.05, 3.63) is 69.8 Å². The lowest BCUT2D eigenvalue weighted by molar-refractivity contribution is 0.0988. The van der Waals surface area contributed by atoms with Crippen molar-refractivity contribution in [1.82, 2.24) is 0 Å². The molecule has 0 amide bonds. The molecule has 0 aliphatic carbocycles. The van der Waals surface area contributed by atoms with Crippen molar-refractivity contribution in [3.8, 4) is 0 Å². The summed E-state index contributed by atoms with van der Waals surface area (Å²) in [7, 11) is 0. The van der Waals surface area contributed by atoms with E-state index in [0.29, 0.717) is 6.07 Å². The molecule has 0 saturated carbocycles. The van der Waals surface area contributed by atoms with Gasteiger partial charge in [0.2, 0.25) is 0 Å². The van der Waals surface area contributed by atoms with Gasteiger partial charge in [0.05, 0.1) is 5.56 Å². The Morgan fingerprint density at radius 1 is 1.00 bits per heavy atom. The summed E-state index contributed by atoms with van der Waals surface area (Å²) in [5.41, 5.74) is -0.313. The molecule has 0 radical (unpaired) electrons. The lowest BCUT2D eigenvalue weighted by Crippen LogP contribution is -2.09. The molecule has 0 saturated heterocycles. The molecule has 0 N–H and O–H groups in total. The van der Waals surface area contributed by atoms with Gasteiger partial charge in [0, 0.05) is 11.4 Å². The second-order valence-electron chi connectivity index (χ2n) is 4.06. The Kier molecular flexibility index (Phi) is 4.09. The van der Waals surface area contributed by atoms with Crippen molar-refractivity contribution >= 4 is 17.4 Å². The maximum absolute atomic E-state index is 13.5. The van der Waals surface area contributed by atoms with Crippen molar-refractivity contribution in [2.45, 2.75) is 6.42 Å². The first kappa shape index (κ1) is 14.5. The summed E-state index contributed by atoms with van der Waals surface area (Å²) in [6, 6.07) is 4.89. The van der Waals surface area contributed by atoms with Crippen LogP contribution in [-0.2, 0) is 6.42 Å². The van der Waals surface area contributed by atoms with E-state index in [0.717, 1.165) is 18.2 Å². The summed E-state index contributed by atoms with van der Waals surface area (Å²) in [6.45, 7) is 0. The second kappa shape index (κ2) is 5.63. The summed E-state index contributed by atoms with van der Waals surface area (Å²) in [5, 5.41) is 0.00124. The average Bonchev–Trinajstić information content (AvgIpc) is 2.39. The minimum Gasteiger partial charge on any atom is -0.294 e. The molecule has 0 aliphatic heterocycles. The van der Waals surface area contributed by atoms with Crippen molar-refractivity contribution in [2.24, 2.45) is 0 Å². The van der Waals surface area contributed by atoms with Gasteiger partial charge in [-0.1, -0.05) is 17.7 Å². The first-order chi connectivity index (χ1) is 9.40. The first-order valence-corrected chi connectivity index (χ1v) is 5.88. The largest absolute Gasteiger partial charge is 0.294 e. The number of hydrogen-bond donors (Lipinski definition) is 0. The summed E-state index contributed by atoms with van der Waals surface area (Å²) < 4.78 is 52.1. The highest BCUT2D eigenvalue weighted by atomic mass is 35.5. The predicted octanol–water partition coefficient (Wildman–Crippen LogP) is 4.32. The highest BCUT2D eigenvalue weighted by Gasteiger charge is 2.19. The van der Waals surface area contributed by atoms with Crippen LogP contribution < -0.4 is 0 Å². The van der Waals surface area contributed by atoms with Crippen LogP contribution >= 0.6 is 11.6 Å². The van der Waals surface area contributed by atoms with Gasteiger partial charge in [0.15, 0.2) is 23.2 Å². The number of ketones is 1. The average molecular weight is 303 g/mol. The van der Waals surface area contributed by atoms with Crippen LogP contribution in [-0.4, -0.2) is 5.78 Å². The first-order valence-electron chi connectivity index (χ1n) is 5.50. The van der Waals surface area contributed by atoms with Gasteiger partial charge in [-0.2, -0.15) is 0 Å². The van der Waals surface area contributed by atoms with Crippen LogP contribution in [0.4, 0.5) is 17.6 Å². The topological polar surface area (TPSA) is 17.1 Å². The van der Waals surface area contributed by atoms with Gasteiger partial charge >= 0.3 is 0 Å². The fourth-order valence-electron chi connectivity index (χ4n) is 1.67. The molecule has 0 aliphatic rings. The van der Waals surface area contributed by atoms with E-state index in [4.69, 9.17) is 11.6 Å². The molecule has 20 heavy (non-hydrogen) atoms. The Labute approximate surface area is 116 Å². The molecule has 0 atom stereocenters. The van der Waals surface area contributed by atoms with Crippen molar-refractivity contribution in [3.63, 3.8) is 0 Å². The Morgan fingerprint density at radius 3 is 2.35 bits per heavy atom. The zero-order valence-corrected chi connectivity index (χ0v) is 10.6. The quantitative estimate of drug-likeness (QED) is 0.469. The third-order valence-electron chi connectivity index (χ3n) is 2.70. The number of hydrogen-bond acceptors (Lipinski definition) is 1. The van der Waals surface area contributed by atoms with E-state index in [9.17, 15) is 22.4 Å². The molecular formula is C14H7ClF4O. The van der Waals surface area contributed by atoms with E-state index in [1.165, 1.54) is 6.07 Å². The highest BCUT2D eigenvalue weighted by Crippen LogP contribution is 2.21. The van der Waals surface area contributed by atoms with Crippen molar-refractivity contribution in [1.29, 1.82) is 0 Å². The molecule has 0 unspecified atom stereocenters. The van der Waals surface area contributed by atoms with Crippen LogP contribution in [0.25, 0.3) is 0 Å². The molecule has 0 spiro atoms. The van der Waals surface area contributed by atoms with Gasteiger partial charge in [-0.3, -0.25) is 4.79 Å². The van der Waals surface area contributed by atoms with Gasteiger partial charge < -0.3 is 0 Å². The van der Waals surface area contributed by atoms with Gasteiger partial charge in [0.25, 0.3) is 0 Å². The highest BCUT2D eigenvalue weighted by molar-refractivity contribution is 6.31. The third kappa shape index (κ3) is 2.82. The maximum atomic E-state index is 13.5. The van der Waals surface area contributed by atoms with Crippen LogP contribution in [0.2, 0.25) is 5.02 Å². The number of halogens is 5. The van der Waals surface area contributed by atoms with E-state index in [-0.39, 0.29) is 17.0 Å². The number of carbonyl (C=O) groups is 1. The number of Topliss-reactive ketones (excluding diaryl/α,β-unsaturated/α-hetero) is 1. The maximum Gasteiger partial charge on any atom is 0.195 e. The SMILES string of the molecule is O=C(Cc1ccc(F)cc1Cl)c1ccc(F)c(F)c1F. The molecule has 0 fully saturated rings. The number of rotatable bonds is 3. The molecule has 2 rings (SSSR count). The molecule has 6 heteroatoms. The zero-order valence-electron chi connectivity index (χ0n) is 9.89. The molecule has 2 aromatic rings. The van der Waals surface area contributed by atoms with Crippen molar-refractivity contribution < 1.29 is 22.4 Å². The Hall–Kier alpha value is -1.88. The van der Waals surface area contributed by atoms with Gasteiger partial charge in [-0.25, -0.2) is 17.6 Å².